The second-order valence-corrected chi connectivity index (χ2v) is 6.77. The number of hydrogen-bond acceptors (Lipinski definition) is 3. The number of benzene rings is 2. The maximum atomic E-state index is 12.0. The highest BCUT2D eigenvalue weighted by Gasteiger charge is 2.08. The number of ether oxygens (including phenoxy) is 2. The second-order valence-electron chi connectivity index (χ2n) is 6.33. The summed E-state index contributed by atoms with van der Waals surface area (Å²) in [6, 6.07) is 12.3. The summed E-state index contributed by atoms with van der Waals surface area (Å²) in [6.45, 7) is 5.34. The Hall–Kier alpha value is -2.40. The van der Waals surface area contributed by atoms with E-state index < -0.39 is 0 Å². The van der Waals surface area contributed by atoms with Gasteiger partial charge in [0.15, 0.2) is 11.5 Å². The van der Waals surface area contributed by atoms with Gasteiger partial charge < -0.3 is 20.1 Å². The number of anilines is 1. The molecule has 0 aromatic heterocycles. The minimum Gasteiger partial charge on any atom is -0.493 e. The molecule has 26 heavy (non-hydrogen) atoms. The number of carbonyl (C=O) groups excluding carboxylic acids is 1. The Bertz CT molecular complexity index is 717. The van der Waals surface area contributed by atoms with Crippen LogP contribution in [-0.4, -0.2) is 19.7 Å². The van der Waals surface area contributed by atoms with Crippen molar-refractivity contribution in [1.82, 2.24) is 5.32 Å². The van der Waals surface area contributed by atoms with Crippen molar-refractivity contribution in [2.45, 2.75) is 26.8 Å². The van der Waals surface area contributed by atoms with Crippen LogP contribution in [0.2, 0.25) is 5.02 Å². The quantitative estimate of drug-likeness (QED) is 0.674. The van der Waals surface area contributed by atoms with E-state index in [1.165, 1.54) is 0 Å². The van der Waals surface area contributed by atoms with Crippen LogP contribution in [-0.2, 0) is 6.54 Å². The van der Waals surface area contributed by atoms with Crippen molar-refractivity contribution >= 4 is 23.3 Å². The zero-order valence-corrected chi connectivity index (χ0v) is 16.1. The van der Waals surface area contributed by atoms with E-state index in [-0.39, 0.29) is 6.03 Å². The van der Waals surface area contributed by atoms with Gasteiger partial charge in [-0.05, 0) is 54.3 Å². The van der Waals surface area contributed by atoms with Crippen LogP contribution in [0.25, 0.3) is 0 Å². The van der Waals surface area contributed by atoms with E-state index in [0.717, 1.165) is 12.0 Å². The van der Waals surface area contributed by atoms with Gasteiger partial charge in [-0.15, -0.1) is 0 Å². The van der Waals surface area contributed by atoms with Gasteiger partial charge in [0, 0.05) is 17.3 Å². The molecule has 6 heteroatoms. The number of halogens is 1. The van der Waals surface area contributed by atoms with Gasteiger partial charge in [-0.2, -0.15) is 0 Å². The van der Waals surface area contributed by atoms with Crippen LogP contribution in [0.15, 0.2) is 42.5 Å². The van der Waals surface area contributed by atoms with Crippen LogP contribution < -0.4 is 20.1 Å². The molecule has 0 saturated heterocycles. The van der Waals surface area contributed by atoms with Crippen molar-refractivity contribution in [2.24, 2.45) is 5.92 Å². The van der Waals surface area contributed by atoms with Crippen molar-refractivity contribution in [3.63, 3.8) is 0 Å². The number of carbonyl (C=O) groups is 1. The lowest BCUT2D eigenvalue weighted by Gasteiger charge is -2.13. The van der Waals surface area contributed by atoms with Crippen LogP contribution in [0, 0.1) is 5.92 Å². The summed E-state index contributed by atoms with van der Waals surface area (Å²) < 4.78 is 11.2. The summed E-state index contributed by atoms with van der Waals surface area (Å²) >= 11 is 5.83. The molecule has 2 rings (SSSR count). The Morgan fingerprint density at radius 2 is 1.85 bits per heavy atom. The normalized spacial score (nSPS) is 10.5. The molecule has 2 aromatic rings. The molecule has 2 N–H and O–H groups in total. The molecular formula is C20H25ClN2O3. The van der Waals surface area contributed by atoms with Crippen LogP contribution in [0.3, 0.4) is 0 Å². The maximum absolute atomic E-state index is 12.0. The van der Waals surface area contributed by atoms with Crippen LogP contribution in [0.1, 0.15) is 25.8 Å². The fraction of sp³-hybridized carbons (Fsp3) is 0.350. The third kappa shape index (κ3) is 6.48. The highest BCUT2D eigenvalue weighted by molar-refractivity contribution is 6.30. The van der Waals surface area contributed by atoms with E-state index in [0.29, 0.717) is 41.3 Å². The number of urea groups is 1. The predicted molar refractivity (Wildman–Crippen MR) is 105 cm³/mol. The standard InChI is InChI=1S/C20H25ClN2O3/c1-14(2)10-11-26-18-9-4-15(12-19(18)25-3)13-22-20(24)23-17-7-5-16(21)6-8-17/h4-9,12,14H,10-11,13H2,1-3H3,(H2,22,23,24). The van der Waals surface area contributed by atoms with Gasteiger partial charge in [0.25, 0.3) is 0 Å². The lowest BCUT2D eigenvalue weighted by Crippen LogP contribution is -2.28. The van der Waals surface area contributed by atoms with Crippen molar-refractivity contribution in [3.8, 4) is 11.5 Å². The topological polar surface area (TPSA) is 59.6 Å². The highest BCUT2D eigenvalue weighted by Crippen LogP contribution is 2.28. The van der Waals surface area contributed by atoms with Crippen LogP contribution in [0.5, 0.6) is 11.5 Å². The van der Waals surface area contributed by atoms with Crippen LogP contribution >= 0.6 is 11.6 Å². The average Bonchev–Trinajstić information content (AvgIpc) is 2.62. The SMILES string of the molecule is COc1cc(CNC(=O)Nc2ccc(Cl)cc2)ccc1OCCC(C)C. The first-order valence-corrected chi connectivity index (χ1v) is 8.96. The molecule has 0 aliphatic rings. The Labute approximate surface area is 159 Å². The molecular weight excluding hydrogens is 352 g/mol. The first-order valence-electron chi connectivity index (χ1n) is 8.58. The number of rotatable bonds is 8. The Morgan fingerprint density at radius 1 is 1.12 bits per heavy atom. The first kappa shape index (κ1) is 19.9. The average molecular weight is 377 g/mol. The molecule has 0 atom stereocenters. The highest BCUT2D eigenvalue weighted by atomic mass is 35.5. The third-order valence-electron chi connectivity index (χ3n) is 3.74. The fourth-order valence-corrected chi connectivity index (χ4v) is 2.36. The van der Waals surface area contributed by atoms with Crippen molar-refractivity contribution in [2.75, 3.05) is 19.0 Å². The van der Waals surface area contributed by atoms with Gasteiger partial charge in [0.05, 0.1) is 13.7 Å². The van der Waals surface area contributed by atoms with Gasteiger partial charge in [-0.3, -0.25) is 0 Å². The molecule has 0 aliphatic carbocycles. The molecule has 0 bridgehead atoms. The van der Waals surface area contributed by atoms with Gasteiger partial charge in [0.2, 0.25) is 0 Å². The molecule has 0 aliphatic heterocycles. The Morgan fingerprint density at radius 3 is 2.50 bits per heavy atom. The monoisotopic (exact) mass is 376 g/mol. The predicted octanol–water partition coefficient (Wildman–Crippen LogP) is 5.10. The largest absolute Gasteiger partial charge is 0.493 e. The van der Waals surface area contributed by atoms with Gasteiger partial charge >= 0.3 is 6.03 Å². The van der Waals surface area contributed by atoms with E-state index in [1.807, 2.05) is 18.2 Å². The minimum absolute atomic E-state index is 0.288. The maximum Gasteiger partial charge on any atom is 0.319 e. The minimum atomic E-state index is -0.288. The first-order chi connectivity index (χ1) is 12.5. The fourth-order valence-electron chi connectivity index (χ4n) is 2.24. The van der Waals surface area contributed by atoms with Gasteiger partial charge in [-0.1, -0.05) is 31.5 Å². The summed E-state index contributed by atoms with van der Waals surface area (Å²) in [5.74, 6) is 1.96. The van der Waals surface area contributed by atoms with E-state index in [9.17, 15) is 4.79 Å². The number of methoxy groups -OCH3 is 1. The van der Waals surface area contributed by atoms with Crippen molar-refractivity contribution in [1.29, 1.82) is 0 Å². The smallest absolute Gasteiger partial charge is 0.319 e. The number of hydrogen-bond donors (Lipinski definition) is 2. The molecule has 0 unspecified atom stereocenters. The molecule has 5 nitrogen and oxygen atoms in total. The molecule has 0 heterocycles. The lowest BCUT2D eigenvalue weighted by molar-refractivity contribution is 0.251. The molecule has 0 fully saturated rings. The molecule has 0 spiro atoms. The summed E-state index contributed by atoms with van der Waals surface area (Å²) in [4.78, 5) is 12.0. The van der Waals surface area contributed by atoms with E-state index >= 15 is 0 Å². The van der Waals surface area contributed by atoms with Gasteiger partial charge in [-0.25, -0.2) is 4.79 Å². The van der Waals surface area contributed by atoms with E-state index in [2.05, 4.69) is 24.5 Å². The molecule has 0 saturated carbocycles. The number of amides is 2. The molecule has 140 valence electrons. The molecule has 2 amide bonds. The van der Waals surface area contributed by atoms with Crippen molar-refractivity contribution < 1.29 is 14.3 Å². The van der Waals surface area contributed by atoms with Crippen molar-refractivity contribution in [3.05, 3.63) is 53.1 Å². The zero-order valence-electron chi connectivity index (χ0n) is 15.3. The summed E-state index contributed by atoms with van der Waals surface area (Å²) in [7, 11) is 1.61. The summed E-state index contributed by atoms with van der Waals surface area (Å²) in [5.41, 5.74) is 1.60. The Balaban J connectivity index is 1.88. The van der Waals surface area contributed by atoms with E-state index in [1.54, 1.807) is 31.4 Å². The summed E-state index contributed by atoms with van der Waals surface area (Å²) in [5, 5.41) is 6.19. The Kier molecular flexibility index (Phi) is 7.60. The second kappa shape index (κ2) is 9.92. The van der Waals surface area contributed by atoms with Crippen LogP contribution in [0.4, 0.5) is 10.5 Å². The number of nitrogens with one attached hydrogen (secondary N) is 2. The van der Waals surface area contributed by atoms with E-state index in [4.69, 9.17) is 21.1 Å². The molecule has 0 radical (unpaired) electrons. The third-order valence-corrected chi connectivity index (χ3v) is 3.99. The van der Waals surface area contributed by atoms with Gasteiger partial charge in [0.1, 0.15) is 0 Å². The lowest BCUT2D eigenvalue weighted by atomic mass is 10.1. The molecule has 2 aromatic carbocycles. The zero-order chi connectivity index (χ0) is 18.9. The summed E-state index contributed by atoms with van der Waals surface area (Å²) in [6.07, 6.45) is 0.983.